The lowest BCUT2D eigenvalue weighted by Gasteiger charge is -2.27. The van der Waals surface area contributed by atoms with E-state index in [2.05, 4.69) is 25.3 Å². The van der Waals surface area contributed by atoms with Gasteiger partial charge in [0, 0.05) is 5.56 Å². The fourth-order valence-electron chi connectivity index (χ4n) is 6.21. The number of rotatable bonds is 4. The number of benzene rings is 2. The minimum Gasteiger partial charge on any atom is -0.386 e. The maximum Gasteiger partial charge on any atom is 0.472 e. The van der Waals surface area contributed by atoms with Gasteiger partial charge in [-0.2, -0.15) is 0 Å². The number of hydrogen-bond donors (Lipinski definition) is 5. The number of ether oxygens (including phenoxy) is 2. The summed E-state index contributed by atoms with van der Waals surface area (Å²) >= 11 is 0. The van der Waals surface area contributed by atoms with E-state index in [0.29, 0.717) is 16.6 Å². The van der Waals surface area contributed by atoms with E-state index in [0.717, 1.165) is 6.33 Å². The summed E-state index contributed by atoms with van der Waals surface area (Å²) in [6.07, 6.45) is -8.24. The van der Waals surface area contributed by atoms with Crippen molar-refractivity contribution in [3.63, 3.8) is 0 Å². The van der Waals surface area contributed by atoms with Crippen LogP contribution in [0, 0.1) is 0 Å². The summed E-state index contributed by atoms with van der Waals surface area (Å²) in [5.41, 5.74) is 1.72. The van der Waals surface area contributed by atoms with Crippen LogP contribution in [0.4, 0.5) is 5.82 Å². The molecule has 0 aliphatic carbocycles. The average molecular weight is 746 g/mol. The lowest BCUT2D eigenvalue weighted by Crippen LogP contribution is -2.39. The van der Waals surface area contributed by atoms with Crippen LogP contribution in [0.3, 0.4) is 0 Å². The van der Waals surface area contributed by atoms with Crippen molar-refractivity contribution in [2.45, 2.75) is 49.1 Å². The molecule has 0 radical (unpaired) electrons. The summed E-state index contributed by atoms with van der Waals surface area (Å²) in [6, 6.07) is 15.3. The molecule has 1 amide bonds. The number of amides is 1. The second-order valence-corrected chi connectivity index (χ2v) is 14.6. The van der Waals surface area contributed by atoms with Crippen LogP contribution in [-0.2, 0) is 36.7 Å². The highest BCUT2D eigenvalue weighted by Crippen LogP contribution is 2.53. The van der Waals surface area contributed by atoms with Gasteiger partial charge in [-0.1, -0.05) is 30.3 Å². The first-order chi connectivity index (χ1) is 24.5. The Hall–Kier alpha value is -4.01. The summed E-state index contributed by atoms with van der Waals surface area (Å²) < 4.78 is 62.3. The van der Waals surface area contributed by atoms with E-state index in [1.807, 2.05) is 0 Å². The second kappa shape index (κ2) is 13.2. The zero-order valence-electron chi connectivity index (χ0n) is 26.0. The first-order valence-electron chi connectivity index (χ1n) is 15.4. The molecule has 3 saturated heterocycles. The average Bonchev–Trinajstić information content (AvgIpc) is 3.88. The third-order valence-corrected chi connectivity index (χ3v) is 10.6. The predicted octanol–water partition coefficient (Wildman–Crippen LogP) is 1.66. The lowest BCUT2D eigenvalue weighted by atomic mass is 10.1. The van der Waals surface area contributed by atoms with Crippen molar-refractivity contribution in [2.75, 3.05) is 18.5 Å². The van der Waals surface area contributed by atoms with Crippen molar-refractivity contribution in [3.8, 4) is 0 Å². The molecule has 20 nitrogen and oxygen atoms in total. The highest BCUT2D eigenvalue weighted by atomic mass is 31.2. The van der Waals surface area contributed by atoms with Crippen LogP contribution in [-0.4, -0.2) is 105 Å². The number of phosphoric ester groups is 2. The number of aliphatic hydroxyl groups excluding tert-OH is 2. The molecular formula is C29H29N7O13P2. The summed E-state index contributed by atoms with van der Waals surface area (Å²) in [5, 5.41) is 25.2. The van der Waals surface area contributed by atoms with Crippen molar-refractivity contribution in [1.82, 2.24) is 29.1 Å². The summed E-state index contributed by atoms with van der Waals surface area (Å²) in [4.78, 5) is 51.1. The van der Waals surface area contributed by atoms with E-state index in [1.54, 1.807) is 54.6 Å². The Morgan fingerprint density at radius 2 is 1.35 bits per heavy atom. The molecule has 51 heavy (non-hydrogen) atoms. The number of anilines is 1. The number of para-hydroxylation sites is 2. The first kappa shape index (κ1) is 34.1. The van der Waals surface area contributed by atoms with Gasteiger partial charge in [-0.15, -0.1) is 0 Å². The number of phosphoric acid groups is 2. The van der Waals surface area contributed by atoms with E-state index >= 15 is 0 Å². The van der Waals surface area contributed by atoms with Crippen LogP contribution >= 0.6 is 15.6 Å². The minimum atomic E-state index is -5.03. The fraction of sp³-hybridized carbons (Fsp3) is 0.345. The van der Waals surface area contributed by atoms with Crippen LogP contribution in [0.5, 0.6) is 0 Å². The van der Waals surface area contributed by atoms with Gasteiger partial charge < -0.3 is 39.4 Å². The number of nitrogens with zero attached hydrogens (tertiary/aromatic N) is 6. The van der Waals surface area contributed by atoms with Crippen molar-refractivity contribution < 1.29 is 61.5 Å². The Labute approximate surface area is 286 Å². The van der Waals surface area contributed by atoms with E-state index in [-0.39, 0.29) is 17.0 Å². The van der Waals surface area contributed by atoms with E-state index < -0.39 is 83.8 Å². The van der Waals surface area contributed by atoms with Crippen molar-refractivity contribution in [3.05, 3.63) is 79.1 Å². The molecule has 3 aromatic heterocycles. The molecule has 6 heterocycles. The van der Waals surface area contributed by atoms with Crippen LogP contribution in [0.25, 0.3) is 22.2 Å². The minimum absolute atomic E-state index is 0.0520. The number of aromatic nitrogens is 6. The van der Waals surface area contributed by atoms with Gasteiger partial charge in [0.15, 0.2) is 29.4 Å². The Bertz CT molecular complexity index is 2190. The second-order valence-electron chi connectivity index (χ2n) is 11.8. The molecule has 8 rings (SSSR count). The van der Waals surface area contributed by atoms with Gasteiger partial charge >= 0.3 is 15.6 Å². The Kier molecular flexibility index (Phi) is 8.82. The molecule has 3 aliphatic heterocycles. The summed E-state index contributed by atoms with van der Waals surface area (Å²) in [6.45, 7) is -1.55. The smallest absolute Gasteiger partial charge is 0.386 e. The van der Waals surface area contributed by atoms with Gasteiger partial charge in [-0.05, 0) is 24.3 Å². The molecule has 10 atom stereocenters. The molecule has 22 heteroatoms. The molecule has 5 aromatic rings. The highest BCUT2D eigenvalue weighted by Gasteiger charge is 2.54. The first-order valence-corrected chi connectivity index (χ1v) is 18.4. The predicted molar refractivity (Wildman–Crippen MR) is 171 cm³/mol. The van der Waals surface area contributed by atoms with E-state index in [9.17, 15) is 33.9 Å². The number of hydrogen-bond acceptors (Lipinski definition) is 15. The number of fused-ring (bicyclic) bond motifs is 4. The molecule has 5 N–H and O–H groups in total. The molecule has 3 aliphatic rings. The number of aliphatic hydroxyl groups is 2. The third-order valence-electron chi connectivity index (χ3n) is 8.59. The van der Waals surface area contributed by atoms with Gasteiger partial charge in [0.1, 0.15) is 43.0 Å². The van der Waals surface area contributed by atoms with E-state index in [1.165, 1.54) is 21.8 Å². The Balaban J connectivity index is 1.04. The van der Waals surface area contributed by atoms with Crippen LogP contribution < -0.4 is 5.32 Å². The lowest BCUT2D eigenvalue weighted by molar-refractivity contribution is -0.0663. The number of carbonyl (C=O) groups is 1. The molecule has 10 unspecified atom stereocenters. The molecule has 0 spiro atoms. The quantitative estimate of drug-likeness (QED) is 0.164. The van der Waals surface area contributed by atoms with Crippen LogP contribution in [0.15, 0.2) is 73.6 Å². The monoisotopic (exact) mass is 745 g/mol. The van der Waals surface area contributed by atoms with Crippen LogP contribution in [0.1, 0.15) is 22.8 Å². The number of nitrogens with one attached hydrogen (secondary N) is 1. The van der Waals surface area contributed by atoms with Gasteiger partial charge in [-0.25, -0.2) is 29.1 Å². The maximum absolute atomic E-state index is 13.3. The largest absolute Gasteiger partial charge is 0.472 e. The Morgan fingerprint density at radius 1 is 0.765 bits per heavy atom. The zero-order valence-corrected chi connectivity index (χ0v) is 27.8. The molecule has 3 fully saturated rings. The van der Waals surface area contributed by atoms with E-state index in [4.69, 9.17) is 27.6 Å². The molecule has 2 aromatic carbocycles. The van der Waals surface area contributed by atoms with Crippen molar-refractivity contribution in [1.29, 1.82) is 0 Å². The van der Waals surface area contributed by atoms with Crippen molar-refractivity contribution >= 4 is 49.6 Å². The highest BCUT2D eigenvalue weighted by molar-refractivity contribution is 7.47. The molecule has 0 saturated carbocycles. The summed E-state index contributed by atoms with van der Waals surface area (Å²) in [5.74, 6) is -0.413. The molecule has 268 valence electrons. The Morgan fingerprint density at radius 3 is 2.02 bits per heavy atom. The maximum atomic E-state index is 13.3. The van der Waals surface area contributed by atoms with Crippen LogP contribution in [0.2, 0.25) is 0 Å². The number of carbonyl (C=O) groups excluding carboxylic acids is 1. The van der Waals surface area contributed by atoms with Gasteiger partial charge in [-0.3, -0.25) is 27.5 Å². The summed E-state index contributed by atoms with van der Waals surface area (Å²) in [7, 11) is -10.0. The molecular weight excluding hydrogens is 716 g/mol. The van der Waals surface area contributed by atoms with Gasteiger partial charge in [0.25, 0.3) is 5.91 Å². The van der Waals surface area contributed by atoms with Crippen molar-refractivity contribution in [2.24, 2.45) is 0 Å². The van der Waals surface area contributed by atoms with Gasteiger partial charge in [0.2, 0.25) is 0 Å². The van der Waals surface area contributed by atoms with Gasteiger partial charge in [0.05, 0.1) is 36.9 Å². The number of imidazole rings is 2. The molecule has 0 bridgehead atoms. The zero-order chi connectivity index (χ0) is 35.5. The topological polar surface area (TPSA) is 261 Å². The normalized spacial score (nSPS) is 34.4. The standard InChI is InChI=1S/C29H29N7O13P2/c37-21-23-18(46-28(21)35-13-32-16-8-4-5-9-17(16)35)10-44-51(42,43)49-24-19(11-45-50(40,41)48-23)47-29(22(24)38)36-14-33-20-25(30-12-31-26(20)36)34-27(39)15-6-2-1-3-7-15/h1-9,12-14,18-19,21-24,28-29,37-38H,10-11H2,(H,40,41)(H,42,43)(H,30,31,34,39). The SMILES string of the molecule is O=C(Nc1ncnc2c1ncn2C1OC2COP(=O)(O)OC3C(COP(=O)(O)OC2C1O)OC(n1cnc2ccccc21)C3O)c1ccccc1. The third kappa shape index (κ3) is 6.50. The fourth-order valence-corrected chi connectivity index (χ4v) is 8.14.